The van der Waals surface area contributed by atoms with Gasteiger partial charge in [-0.1, -0.05) is 0 Å². The first-order chi connectivity index (χ1) is 5.88. The number of hydrogen-bond acceptors (Lipinski definition) is 1. The van der Waals surface area contributed by atoms with E-state index in [0.29, 0.717) is 4.81 Å². The molecule has 1 amide bonds. The molecule has 1 saturated heterocycles. The van der Waals surface area contributed by atoms with E-state index in [0.717, 1.165) is 17.6 Å². The first kappa shape index (κ1) is 7.84. The minimum atomic E-state index is 0.190. The molecule has 2 rings (SSSR count). The van der Waals surface area contributed by atoms with Gasteiger partial charge in [-0.15, -0.1) is 0 Å². The van der Waals surface area contributed by atoms with E-state index < -0.39 is 0 Å². The summed E-state index contributed by atoms with van der Waals surface area (Å²) in [5.41, 5.74) is 1.04. The van der Waals surface area contributed by atoms with Crippen molar-refractivity contribution in [3.8, 4) is 0 Å². The van der Waals surface area contributed by atoms with Gasteiger partial charge in [0.15, 0.2) is 0 Å². The Kier molecular flexibility index (Phi) is 2.15. The second-order valence-electron chi connectivity index (χ2n) is 2.60. The minimum absolute atomic E-state index is 0.190. The predicted molar refractivity (Wildman–Crippen MR) is 49.7 cm³/mol. The molecular weight excluding hydrogens is 217 g/mol. The average Bonchev–Trinajstić information content (AvgIpc) is 2.53. The van der Waals surface area contributed by atoms with Gasteiger partial charge in [-0.25, -0.2) is 0 Å². The Morgan fingerprint density at radius 3 is 2.58 bits per heavy atom. The molecule has 0 N–H and O–H groups in total. The fraction of sp³-hybridized carbons (Fsp3) is 0.222. The van der Waals surface area contributed by atoms with Crippen LogP contribution in [0.15, 0.2) is 30.3 Å². The molecule has 1 fully saturated rings. The summed E-state index contributed by atoms with van der Waals surface area (Å²) < 4.78 is 0. The van der Waals surface area contributed by atoms with Crippen molar-refractivity contribution >= 4 is 25.4 Å². The number of para-hydroxylation sites is 1. The number of anilines is 1. The van der Waals surface area contributed by atoms with Gasteiger partial charge < -0.3 is 0 Å². The number of carbonyl (C=O) groups is 1. The molecule has 0 aliphatic carbocycles. The summed E-state index contributed by atoms with van der Waals surface area (Å²) >= 11 is 0.190. The summed E-state index contributed by atoms with van der Waals surface area (Å²) in [5.74, 6) is 0. The zero-order valence-electron chi connectivity index (χ0n) is 6.56. The van der Waals surface area contributed by atoms with Crippen LogP contribution in [0.25, 0.3) is 0 Å². The van der Waals surface area contributed by atoms with Crippen molar-refractivity contribution in [3.05, 3.63) is 30.3 Å². The Balaban J connectivity index is 2.25. The zero-order valence-corrected chi connectivity index (χ0v) is 8.28. The van der Waals surface area contributed by atoms with Crippen LogP contribution >= 0.6 is 0 Å². The summed E-state index contributed by atoms with van der Waals surface area (Å²) in [5, 5.41) is 1.06. The number of carbonyl (C=O) groups excluding carboxylic acids is 1. The zero-order chi connectivity index (χ0) is 8.39. The number of hydrogen-bond donors (Lipinski definition) is 0. The van der Waals surface area contributed by atoms with Gasteiger partial charge in [-0.2, -0.15) is 0 Å². The molecule has 0 spiro atoms. The SMILES string of the molecule is O=C1[Se]CCN1c1ccccc1. The molecule has 12 heavy (non-hydrogen) atoms. The Morgan fingerprint density at radius 2 is 2.00 bits per heavy atom. The van der Waals surface area contributed by atoms with E-state index in [1.165, 1.54) is 0 Å². The molecule has 0 saturated carbocycles. The van der Waals surface area contributed by atoms with E-state index >= 15 is 0 Å². The van der Waals surface area contributed by atoms with Crippen molar-refractivity contribution in [1.82, 2.24) is 0 Å². The van der Waals surface area contributed by atoms with Gasteiger partial charge in [-0.05, 0) is 0 Å². The topological polar surface area (TPSA) is 20.3 Å². The molecule has 0 radical (unpaired) electrons. The van der Waals surface area contributed by atoms with Crippen LogP contribution in [-0.4, -0.2) is 26.3 Å². The van der Waals surface area contributed by atoms with Crippen molar-refractivity contribution in [2.75, 3.05) is 11.4 Å². The Morgan fingerprint density at radius 1 is 1.25 bits per heavy atom. The molecule has 3 heteroatoms. The summed E-state index contributed by atoms with van der Waals surface area (Å²) in [6.45, 7) is 0.906. The van der Waals surface area contributed by atoms with Crippen LogP contribution in [-0.2, 0) is 0 Å². The third-order valence-corrected chi connectivity index (χ3v) is 3.62. The van der Waals surface area contributed by atoms with Crippen molar-refractivity contribution < 1.29 is 4.79 Å². The number of amides is 1. The van der Waals surface area contributed by atoms with Crippen LogP contribution in [0.1, 0.15) is 0 Å². The summed E-state index contributed by atoms with van der Waals surface area (Å²) in [6, 6.07) is 9.87. The second kappa shape index (κ2) is 3.30. The van der Waals surface area contributed by atoms with E-state index in [1.807, 2.05) is 35.2 Å². The molecular formula is C9H9NOSe. The van der Waals surface area contributed by atoms with Crippen LogP contribution in [0.3, 0.4) is 0 Å². The molecule has 1 aromatic rings. The van der Waals surface area contributed by atoms with E-state index in [4.69, 9.17) is 0 Å². The molecule has 1 aromatic carbocycles. The number of benzene rings is 1. The number of nitrogens with zero attached hydrogens (tertiary/aromatic N) is 1. The van der Waals surface area contributed by atoms with Crippen molar-refractivity contribution in [2.24, 2.45) is 0 Å². The Bertz CT molecular complexity index is 286. The summed E-state index contributed by atoms with van der Waals surface area (Å²) in [6.07, 6.45) is 0. The monoisotopic (exact) mass is 227 g/mol. The molecule has 1 aliphatic rings. The van der Waals surface area contributed by atoms with Crippen molar-refractivity contribution in [3.63, 3.8) is 0 Å². The van der Waals surface area contributed by atoms with Gasteiger partial charge in [0, 0.05) is 0 Å². The number of rotatable bonds is 1. The van der Waals surface area contributed by atoms with E-state index in [1.54, 1.807) is 0 Å². The summed E-state index contributed by atoms with van der Waals surface area (Å²) in [4.78, 5) is 13.5. The summed E-state index contributed by atoms with van der Waals surface area (Å²) in [7, 11) is 0. The quantitative estimate of drug-likeness (QED) is 0.668. The van der Waals surface area contributed by atoms with E-state index in [9.17, 15) is 4.79 Å². The van der Waals surface area contributed by atoms with E-state index in [2.05, 4.69) is 0 Å². The normalized spacial score (nSPS) is 17.0. The second-order valence-corrected chi connectivity index (χ2v) is 4.80. The van der Waals surface area contributed by atoms with Crippen molar-refractivity contribution in [1.29, 1.82) is 0 Å². The average molecular weight is 226 g/mol. The predicted octanol–water partition coefficient (Wildman–Crippen LogP) is 1.75. The van der Waals surface area contributed by atoms with Crippen LogP contribution in [0, 0.1) is 0 Å². The standard InChI is InChI=1S/C9H9NOSe/c11-9-10(6-7-12-9)8-4-2-1-3-5-8/h1-5H,6-7H2. The van der Waals surface area contributed by atoms with Gasteiger partial charge in [-0.3, -0.25) is 0 Å². The third kappa shape index (κ3) is 1.38. The van der Waals surface area contributed by atoms with E-state index in [-0.39, 0.29) is 15.0 Å². The molecule has 0 unspecified atom stereocenters. The van der Waals surface area contributed by atoms with Crippen LogP contribution in [0.2, 0.25) is 5.32 Å². The Labute approximate surface area is 77.7 Å². The van der Waals surface area contributed by atoms with Crippen molar-refractivity contribution in [2.45, 2.75) is 5.32 Å². The molecule has 0 aromatic heterocycles. The van der Waals surface area contributed by atoms with Crippen LogP contribution in [0.4, 0.5) is 10.5 Å². The van der Waals surface area contributed by atoms with Gasteiger partial charge >= 0.3 is 77.3 Å². The maximum atomic E-state index is 11.3. The fourth-order valence-corrected chi connectivity index (χ4v) is 2.92. The maximum absolute atomic E-state index is 11.3. The molecule has 2 nitrogen and oxygen atoms in total. The molecule has 0 atom stereocenters. The van der Waals surface area contributed by atoms with Gasteiger partial charge in [0.05, 0.1) is 0 Å². The Hall–Kier alpha value is -0.791. The molecule has 1 heterocycles. The van der Waals surface area contributed by atoms with Gasteiger partial charge in [0.1, 0.15) is 0 Å². The van der Waals surface area contributed by atoms with Gasteiger partial charge in [0.2, 0.25) is 0 Å². The molecule has 0 bridgehead atoms. The first-order valence-corrected chi connectivity index (χ1v) is 5.94. The van der Waals surface area contributed by atoms with Crippen LogP contribution < -0.4 is 4.90 Å². The molecule has 62 valence electrons. The molecule has 1 aliphatic heterocycles. The first-order valence-electron chi connectivity index (χ1n) is 3.87. The van der Waals surface area contributed by atoms with Gasteiger partial charge in [0.25, 0.3) is 0 Å². The van der Waals surface area contributed by atoms with Crippen LogP contribution in [0.5, 0.6) is 0 Å². The fourth-order valence-electron chi connectivity index (χ4n) is 1.24. The third-order valence-electron chi connectivity index (χ3n) is 1.83.